The number of nitrogens with zero attached hydrogens (tertiary/aromatic N) is 1. The van der Waals surface area contributed by atoms with Crippen LogP contribution >= 0.6 is 33.9 Å². The fraction of sp³-hybridized carbons (Fsp3) is 0.722. The van der Waals surface area contributed by atoms with Gasteiger partial charge in [0.25, 0.3) is 0 Å². The highest BCUT2D eigenvalue weighted by Gasteiger charge is 2.43. The van der Waals surface area contributed by atoms with Crippen LogP contribution in [0.25, 0.3) is 0 Å². The molecule has 6 heteroatoms. The van der Waals surface area contributed by atoms with Gasteiger partial charge in [-0.15, -0.1) is 11.3 Å². The molecule has 24 heavy (non-hydrogen) atoms. The van der Waals surface area contributed by atoms with E-state index in [9.17, 15) is 0 Å². The summed E-state index contributed by atoms with van der Waals surface area (Å²) in [4.78, 5) is 4.76. The topological polar surface area (TPSA) is 42.4 Å². The Hall–Kier alpha value is 0.237. The highest BCUT2D eigenvalue weighted by Crippen LogP contribution is 2.42. The van der Waals surface area contributed by atoms with Gasteiger partial charge in [0.2, 0.25) is 0 Å². The van der Waals surface area contributed by atoms with Crippen molar-refractivity contribution in [1.29, 1.82) is 0 Å². The molecule has 1 heterocycles. The molecule has 0 bridgehead atoms. The summed E-state index contributed by atoms with van der Waals surface area (Å²) in [6, 6.07) is 0. The van der Waals surface area contributed by atoms with Crippen LogP contribution in [0.2, 0.25) is 18.1 Å². The minimum Gasteiger partial charge on any atom is -0.413 e. The third-order valence-electron chi connectivity index (χ3n) is 4.96. The lowest BCUT2D eigenvalue weighted by molar-refractivity contribution is 0.111. The zero-order valence-electron chi connectivity index (χ0n) is 16.0. The summed E-state index contributed by atoms with van der Waals surface area (Å²) in [6.07, 6.45) is 3.78. The number of halogens is 1. The monoisotopic (exact) mass is 481 g/mol. The van der Waals surface area contributed by atoms with Crippen molar-refractivity contribution in [3.8, 4) is 0 Å². The SMILES string of the molecule is CC(C)(c1nc(CCO)cs1)C(C/C=C/I)O[Si](C)(C)C(C)(C)C. The molecule has 0 aliphatic rings. The van der Waals surface area contributed by atoms with Gasteiger partial charge in [0, 0.05) is 23.8 Å². The minimum absolute atomic E-state index is 0.0949. The van der Waals surface area contributed by atoms with Crippen LogP contribution in [0, 0.1) is 0 Å². The second-order valence-corrected chi connectivity index (χ2v) is 14.6. The Morgan fingerprint density at radius 1 is 1.33 bits per heavy atom. The van der Waals surface area contributed by atoms with Crippen LogP contribution in [0.1, 0.15) is 51.7 Å². The molecule has 1 aromatic rings. The number of hydrogen-bond donors (Lipinski definition) is 1. The summed E-state index contributed by atoms with van der Waals surface area (Å²) in [5, 5.41) is 12.5. The van der Waals surface area contributed by atoms with E-state index in [0.717, 1.165) is 17.1 Å². The molecule has 0 saturated heterocycles. The molecule has 0 aromatic carbocycles. The van der Waals surface area contributed by atoms with Crippen molar-refractivity contribution in [2.45, 2.75) is 77.1 Å². The second kappa shape index (κ2) is 8.75. The molecule has 0 aliphatic heterocycles. The molecule has 1 atom stereocenters. The van der Waals surface area contributed by atoms with Crippen molar-refractivity contribution in [3.63, 3.8) is 0 Å². The van der Waals surface area contributed by atoms with Crippen molar-refractivity contribution in [2.24, 2.45) is 0 Å². The molecular formula is C18H32INO2SSi. The Morgan fingerprint density at radius 3 is 2.46 bits per heavy atom. The predicted molar refractivity (Wildman–Crippen MR) is 116 cm³/mol. The Morgan fingerprint density at radius 2 is 1.96 bits per heavy atom. The van der Waals surface area contributed by atoms with Crippen LogP contribution in [0.4, 0.5) is 0 Å². The lowest BCUT2D eigenvalue weighted by atomic mass is 9.85. The summed E-state index contributed by atoms with van der Waals surface area (Å²) in [5.41, 5.74) is 0.811. The van der Waals surface area contributed by atoms with Crippen LogP contribution in [0.15, 0.2) is 15.5 Å². The number of rotatable bonds is 8. The van der Waals surface area contributed by atoms with Crippen molar-refractivity contribution >= 4 is 42.2 Å². The van der Waals surface area contributed by atoms with Crippen LogP contribution < -0.4 is 0 Å². The Kier molecular flexibility index (Phi) is 8.12. The number of aromatic nitrogens is 1. The summed E-state index contributed by atoms with van der Waals surface area (Å²) >= 11 is 3.95. The first-order valence-electron chi connectivity index (χ1n) is 8.44. The average Bonchev–Trinajstić information content (AvgIpc) is 2.91. The van der Waals surface area contributed by atoms with Gasteiger partial charge in [-0.2, -0.15) is 0 Å². The fourth-order valence-electron chi connectivity index (χ4n) is 2.17. The van der Waals surface area contributed by atoms with Gasteiger partial charge in [-0.25, -0.2) is 4.98 Å². The molecule has 1 aromatic heterocycles. The van der Waals surface area contributed by atoms with E-state index in [1.54, 1.807) is 11.3 Å². The molecule has 1 unspecified atom stereocenters. The third kappa shape index (κ3) is 5.62. The predicted octanol–water partition coefficient (Wildman–Crippen LogP) is 5.68. The van der Waals surface area contributed by atoms with Crippen LogP contribution in [-0.2, 0) is 16.3 Å². The lowest BCUT2D eigenvalue weighted by Crippen LogP contribution is -2.49. The maximum Gasteiger partial charge on any atom is 0.192 e. The maximum atomic E-state index is 9.13. The van der Waals surface area contributed by atoms with Gasteiger partial charge in [0.05, 0.1) is 11.8 Å². The van der Waals surface area contributed by atoms with E-state index in [4.69, 9.17) is 14.5 Å². The Bertz CT molecular complexity index is 549. The number of aliphatic hydroxyl groups excluding tert-OH is 1. The molecule has 1 rings (SSSR count). The molecule has 0 saturated carbocycles. The molecule has 138 valence electrons. The Labute approximate surface area is 166 Å². The van der Waals surface area contributed by atoms with E-state index in [-0.39, 0.29) is 23.2 Å². The normalized spacial score (nSPS) is 15.2. The van der Waals surface area contributed by atoms with E-state index >= 15 is 0 Å². The standard InChI is InChI=1S/C18H32INO2SSi/c1-17(2,3)24(6,7)22-15(9-8-11-19)18(4,5)16-20-14(10-12-21)13-23-16/h8,11,13,15,21H,9-10,12H2,1-7H3/b11-8+. The van der Waals surface area contributed by atoms with Gasteiger partial charge >= 0.3 is 0 Å². The summed E-state index contributed by atoms with van der Waals surface area (Å²) in [5.74, 6) is 0. The molecule has 0 radical (unpaired) electrons. The van der Waals surface area contributed by atoms with E-state index in [0.29, 0.717) is 6.42 Å². The van der Waals surface area contributed by atoms with Crippen LogP contribution in [0.3, 0.4) is 0 Å². The number of thiazole rings is 1. The van der Waals surface area contributed by atoms with Gasteiger partial charge in [-0.1, -0.05) is 63.3 Å². The summed E-state index contributed by atoms with van der Waals surface area (Å²) in [7, 11) is -1.87. The Balaban J connectivity index is 3.12. The van der Waals surface area contributed by atoms with Gasteiger partial charge < -0.3 is 9.53 Å². The zero-order valence-corrected chi connectivity index (χ0v) is 20.0. The lowest BCUT2D eigenvalue weighted by Gasteiger charge is -2.43. The molecule has 0 fully saturated rings. The summed E-state index contributed by atoms with van der Waals surface area (Å²) in [6.45, 7) is 16.1. The maximum absolute atomic E-state index is 9.13. The third-order valence-corrected chi connectivity index (χ3v) is 11.2. The molecule has 1 N–H and O–H groups in total. The van der Waals surface area contributed by atoms with E-state index in [1.807, 2.05) is 0 Å². The first-order chi connectivity index (χ1) is 11.0. The minimum atomic E-state index is -1.87. The number of aliphatic hydroxyl groups is 1. The second-order valence-electron chi connectivity index (χ2n) is 8.30. The molecule has 0 amide bonds. The molecular weight excluding hydrogens is 449 g/mol. The van der Waals surface area contributed by atoms with Crippen LogP contribution in [-0.4, -0.2) is 31.1 Å². The van der Waals surface area contributed by atoms with Crippen molar-refractivity contribution < 1.29 is 9.53 Å². The smallest absolute Gasteiger partial charge is 0.192 e. The van der Waals surface area contributed by atoms with Crippen molar-refractivity contribution in [2.75, 3.05) is 6.61 Å². The van der Waals surface area contributed by atoms with E-state index in [2.05, 4.69) is 85.8 Å². The van der Waals surface area contributed by atoms with Crippen LogP contribution in [0.5, 0.6) is 0 Å². The average molecular weight is 482 g/mol. The first-order valence-corrected chi connectivity index (χ1v) is 13.5. The highest BCUT2D eigenvalue weighted by atomic mass is 127. The first kappa shape index (κ1) is 22.3. The summed E-state index contributed by atoms with van der Waals surface area (Å²) < 4.78 is 8.86. The van der Waals surface area contributed by atoms with Gasteiger partial charge in [-0.3, -0.25) is 0 Å². The molecule has 3 nitrogen and oxygen atoms in total. The van der Waals surface area contributed by atoms with Crippen molar-refractivity contribution in [3.05, 3.63) is 26.2 Å². The highest BCUT2D eigenvalue weighted by molar-refractivity contribution is 14.1. The van der Waals surface area contributed by atoms with E-state index in [1.165, 1.54) is 0 Å². The van der Waals surface area contributed by atoms with Gasteiger partial charge in [-0.05, 0) is 28.6 Å². The quantitative estimate of drug-likeness (QED) is 0.384. The van der Waals surface area contributed by atoms with E-state index < -0.39 is 8.32 Å². The molecule has 0 spiro atoms. The zero-order chi connectivity index (χ0) is 18.6. The van der Waals surface area contributed by atoms with Gasteiger partial charge in [0.1, 0.15) is 5.01 Å². The van der Waals surface area contributed by atoms with Crippen molar-refractivity contribution in [1.82, 2.24) is 4.98 Å². The fourth-order valence-corrected chi connectivity index (χ4v) is 4.94. The number of hydrogen-bond acceptors (Lipinski definition) is 4. The molecule has 0 aliphatic carbocycles. The largest absolute Gasteiger partial charge is 0.413 e. The van der Waals surface area contributed by atoms with Gasteiger partial charge in [0.15, 0.2) is 8.32 Å².